The fourth-order valence-corrected chi connectivity index (χ4v) is 1.99. The van der Waals surface area contributed by atoms with Gasteiger partial charge in [0.15, 0.2) is 0 Å². The highest BCUT2D eigenvalue weighted by atomic mass is 35.5. The molecule has 0 spiro atoms. The maximum Gasteiger partial charge on any atom is 0.142 e. The van der Waals surface area contributed by atoms with Gasteiger partial charge in [0, 0.05) is 5.02 Å². The van der Waals surface area contributed by atoms with Gasteiger partial charge in [0.1, 0.15) is 5.75 Å². The molecule has 94 valence electrons. The Morgan fingerprint density at radius 1 is 1.00 bits per heavy atom. The SMILES string of the molecule is Nc1ccccc1OCCCc1ccccc1Cl. The van der Waals surface area contributed by atoms with Crippen molar-refractivity contribution in [1.29, 1.82) is 0 Å². The molecule has 0 radical (unpaired) electrons. The van der Waals surface area contributed by atoms with E-state index < -0.39 is 0 Å². The molecular weight excluding hydrogens is 246 g/mol. The van der Waals surface area contributed by atoms with Gasteiger partial charge in [-0.1, -0.05) is 41.9 Å². The molecule has 2 aromatic rings. The molecule has 0 saturated carbocycles. The van der Waals surface area contributed by atoms with E-state index in [0.717, 1.165) is 29.2 Å². The topological polar surface area (TPSA) is 35.2 Å². The normalized spacial score (nSPS) is 10.3. The molecule has 0 unspecified atom stereocenters. The number of nitrogens with two attached hydrogens (primary N) is 1. The summed E-state index contributed by atoms with van der Waals surface area (Å²) in [6.45, 7) is 0.638. The van der Waals surface area contributed by atoms with Gasteiger partial charge in [0.25, 0.3) is 0 Å². The van der Waals surface area contributed by atoms with Crippen LogP contribution in [0.2, 0.25) is 5.02 Å². The molecule has 0 aliphatic rings. The number of anilines is 1. The lowest BCUT2D eigenvalue weighted by atomic mass is 10.1. The zero-order chi connectivity index (χ0) is 12.8. The van der Waals surface area contributed by atoms with Gasteiger partial charge in [-0.15, -0.1) is 0 Å². The summed E-state index contributed by atoms with van der Waals surface area (Å²) in [4.78, 5) is 0. The Morgan fingerprint density at radius 3 is 2.50 bits per heavy atom. The molecule has 2 N–H and O–H groups in total. The molecule has 2 rings (SSSR count). The fourth-order valence-electron chi connectivity index (χ4n) is 1.76. The lowest BCUT2D eigenvalue weighted by Gasteiger charge is -2.08. The Morgan fingerprint density at radius 2 is 1.72 bits per heavy atom. The Labute approximate surface area is 112 Å². The molecular formula is C15H16ClNO. The number of benzene rings is 2. The molecule has 0 heterocycles. The van der Waals surface area contributed by atoms with Crippen LogP contribution in [-0.4, -0.2) is 6.61 Å². The van der Waals surface area contributed by atoms with Gasteiger partial charge in [-0.3, -0.25) is 0 Å². The highest BCUT2D eigenvalue weighted by Gasteiger charge is 2.01. The highest BCUT2D eigenvalue weighted by Crippen LogP contribution is 2.20. The third-order valence-corrected chi connectivity index (χ3v) is 3.09. The zero-order valence-corrected chi connectivity index (χ0v) is 10.9. The van der Waals surface area contributed by atoms with Crippen molar-refractivity contribution in [2.24, 2.45) is 0 Å². The number of nitrogen functional groups attached to an aromatic ring is 1. The lowest BCUT2D eigenvalue weighted by Crippen LogP contribution is -2.01. The van der Waals surface area contributed by atoms with Gasteiger partial charge in [-0.25, -0.2) is 0 Å². The summed E-state index contributed by atoms with van der Waals surface area (Å²) in [6.07, 6.45) is 1.82. The number of rotatable bonds is 5. The first kappa shape index (κ1) is 12.8. The molecule has 0 atom stereocenters. The summed E-state index contributed by atoms with van der Waals surface area (Å²) < 4.78 is 5.63. The van der Waals surface area contributed by atoms with Gasteiger partial charge in [-0.2, -0.15) is 0 Å². The van der Waals surface area contributed by atoms with Crippen molar-refractivity contribution in [2.45, 2.75) is 12.8 Å². The molecule has 0 saturated heterocycles. The maximum absolute atomic E-state index is 6.08. The van der Waals surface area contributed by atoms with Crippen molar-refractivity contribution in [3.8, 4) is 5.75 Å². The van der Waals surface area contributed by atoms with E-state index in [2.05, 4.69) is 0 Å². The third-order valence-electron chi connectivity index (χ3n) is 2.72. The minimum Gasteiger partial charge on any atom is -0.491 e. The van der Waals surface area contributed by atoms with Crippen LogP contribution in [0.15, 0.2) is 48.5 Å². The third kappa shape index (κ3) is 3.41. The van der Waals surface area contributed by atoms with Crippen molar-refractivity contribution in [1.82, 2.24) is 0 Å². The van der Waals surface area contributed by atoms with E-state index in [1.807, 2.05) is 48.5 Å². The quantitative estimate of drug-likeness (QED) is 0.654. The first-order valence-electron chi connectivity index (χ1n) is 5.98. The second-order valence-electron chi connectivity index (χ2n) is 4.08. The number of hydrogen-bond acceptors (Lipinski definition) is 2. The second-order valence-corrected chi connectivity index (χ2v) is 4.49. The summed E-state index contributed by atoms with van der Waals surface area (Å²) in [6, 6.07) is 15.4. The molecule has 0 aliphatic carbocycles. The summed E-state index contributed by atoms with van der Waals surface area (Å²) in [7, 11) is 0. The number of halogens is 1. The van der Waals surface area contributed by atoms with E-state index in [-0.39, 0.29) is 0 Å². The highest BCUT2D eigenvalue weighted by molar-refractivity contribution is 6.31. The molecule has 0 aromatic heterocycles. The standard InChI is InChI=1S/C15H16ClNO/c16-13-8-2-1-6-12(13)7-5-11-18-15-10-4-3-9-14(15)17/h1-4,6,8-10H,5,7,11,17H2. The monoisotopic (exact) mass is 261 g/mol. The average molecular weight is 262 g/mol. The Bertz CT molecular complexity index is 466. The molecule has 0 bridgehead atoms. The van der Waals surface area contributed by atoms with Crippen LogP contribution >= 0.6 is 11.6 Å². The predicted octanol–water partition coefficient (Wildman–Crippen LogP) is 3.93. The first-order chi connectivity index (χ1) is 8.77. The zero-order valence-electron chi connectivity index (χ0n) is 10.1. The number of hydrogen-bond donors (Lipinski definition) is 1. The predicted molar refractivity (Wildman–Crippen MR) is 76.1 cm³/mol. The van der Waals surface area contributed by atoms with Crippen LogP contribution in [0.3, 0.4) is 0 Å². The van der Waals surface area contributed by atoms with Crippen molar-refractivity contribution >= 4 is 17.3 Å². The molecule has 2 nitrogen and oxygen atoms in total. The van der Waals surface area contributed by atoms with E-state index in [0.29, 0.717) is 12.3 Å². The van der Waals surface area contributed by atoms with E-state index in [4.69, 9.17) is 22.1 Å². The molecule has 0 fully saturated rings. The van der Waals surface area contributed by atoms with Crippen LogP contribution < -0.4 is 10.5 Å². The van der Waals surface area contributed by atoms with Crippen LogP contribution in [0, 0.1) is 0 Å². The molecule has 3 heteroatoms. The summed E-state index contributed by atoms with van der Waals surface area (Å²) >= 11 is 6.08. The van der Waals surface area contributed by atoms with Gasteiger partial charge in [0.05, 0.1) is 12.3 Å². The van der Waals surface area contributed by atoms with Crippen molar-refractivity contribution < 1.29 is 4.74 Å². The number of para-hydroxylation sites is 2. The Balaban J connectivity index is 1.80. The summed E-state index contributed by atoms with van der Waals surface area (Å²) in [5, 5.41) is 0.816. The van der Waals surface area contributed by atoms with E-state index in [1.54, 1.807) is 0 Å². The summed E-state index contributed by atoms with van der Waals surface area (Å²) in [5.41, 5.74) is 7.62. The maximum atomic E-state index is 6.08. The van der Waals surface area contributed by atoms with Crippen molar-refractivity contribution in [3.63, 3.8) is 0 Å². The van der Waals surface area contributed by atoms with Crippen LogP contribution in [0.5, 0.6) is 5.75 Å². The van der Waals surface area contributed by atoms with Crippen molar-refractivity contribution in [2.75, 3.05) is 12.3 Å². The molecule has 18 heavy (non-hydrogen) atoms. The summed E-state index contributed by atoms with van der Waals surface area (Å²) in [5.74, 6) is 0.747. The van der Waals surface area contributed by atoms with E-state index in [9.17, 15) is 0 Å². The average Bonchev–Trinajstić information content (AvgIpc) is 2.38. The van der Waals surface area contributed by atoms with E-state index in [1.165, 1.54) is 0 Å². The van der Waals surface area contributed by atoms with Gasteiger partial charge < -0.3 is 10.5 Å². The first-order valence-corrected chi connectivity index (χ1v) is 6.36. The minimum absolute atomic E-state index is 0.638. The number of ether oxygens (including phenoxy) is 1. The van der Waals surface area contributed by atoms with Crippen LogP contribution in [0.1, 0.15) is 12.0 Å². The molecule has 0 aliphatic heterocycles. The smallest absolute Gasteiger partial charge is 0.142 e. The lowest BCUT2D eigenvalue weighted by molar-refractivity contribution is 0.312. The largest absolute Gasteiger partial charge is 0.491 e. The van der Waals surface area contributed by atoms with Crippen molar-refractivity contribution in [3.05, 3.63) is 59.1 Å². The fraction of sp³-hybridized carbons (Fsp3) is 0.200. The molecule has 2 aromatic carbocycles. The Hall–Kier alpha value is -1.67. The Kier molecular flexibility index (Phi) is 4.48. The van der Waals surface area contributed by atoms with Crippen LogP contribution in [0.4, 0.5) is 5.69 Å². The van der Waals surface area contributed by atoms with Gasteiger partial charge in [-0.05, 0) is 36.6 Å². The van der Waals surface area contributed by atoms with Crippen LogP contribution in [0.25, 0.3) is 0 Å². The van der Waals surface area contributed by atoms with Gasteiger partial charge in [0.2, 0.25) is 0 Å². The number of aryl methyl sites for hydroxylation is 1. The minimum atomic E-state index is 0.638. The molecule has 0 amide bonds. The van der Waals surface area contributed by atoms with Crippen LogP contribution in [-0.2, 0) is 6.42 Å². The van der Waals surface area contributed by atoms with E-state index >= 15 is 0 Å². The second kappa shape index (κ2) is 6.31. The van der Waals surface area contributed by atoms with Gasteiger partial charge >= 0.3 is 0 Å².